The number of ether oxygens (including phenoxy) is 1. The van der Waals surface area contributed by atoms with Gasteiger partial charge in [-0.15, -0.1) is 0 Å². The highest BCUT2D eigenvalue weighted by atomic mass is 28.4. The fourth-order valence-corrected chi connectivity index (χ4v) is 3.97. The summed E-state index contributed by atoms with van der Waals surface area (Å²) in [6, 6.07) is 8.57. The predicted octanol–water partition coefficient (Wildman–Crippen LogP) is 4.93. The van der Waals surface area contributed by atoms with Crippen molar-refractivity contribution in [3.05, 3.63) is 47.0 Å². The van der Waals surface area contributed by atoms with E-state index in [9.17, 15) is 0 Å². The summed E-state index contributed by atoms with van der Waals surface area (Å²) in [6.45, 7) is 14.2. The minimum absolute atomic E-state index is 0.115. The summed E-state index contributed by atoms with van der Waals surface area (Å²) in [6.07, 6.45) is 2.36. The highest BCUT2D eigenvalue weighted by molar-refractivity contribution is 6.74. The molecule has 0 saturated heterocycles. The molecule has 3 heteroatoms. The first kappa shape index (κ1) is 15.0. The summed E-state index contributed by atoms with van der Waals surface area (Å²) in [4.78, 5) is 0. The van der Waals surface area contributed by atoms with Crippen molar-refractivity contribution < 1.29 is 9.16 Å². The van der Waals surface area contributed by atoms with Crippen LogP contribution in [-0.2, 0) is 14.8 Å². The number of hydrogen-bond acceptors (Lipinski definition) is 2. The molecular weight excluding hydrogens is 276 g/mol. The maximum atomic E-state index is 6.50. The Morgan fingerprint density at radius 2 is 1.90 bits per heavy atom. The summed E-state index contributed by atoms with van der Waals surface area (Å²) in [5.74, 6) is 0. The Kier molecular flexibility index (Phi) is 3.25. The van der Waals surface area contributed by atoms with E-state index in [-0.39, 0.29) is 16.7 Å². The second-order valence-corrected chi connectivity index (χ2v) is 12.7. The molecule has 2 bridgehead atoms. The van der Waals surface area contributed by atoms with Crippen LogP contribution in [0.25, 0.3) is 0 Å². The minimum Gasteiger partial charge on any atom is -0.413 e. The van der Waals surface area contributed by atoms with Crippen molar-refractivity contribution in [2.75, 3.05) is 6.61 Å². The third-order valence-corrected chi connectivity index (χ3v) is 9.99. The van der Waals surface area contributed by atoms with Gasteiger partial charge in [-0.2, -0.15) is 0 Å². The Morgan fingerprint density at radius 1 is 1.24 bits per heavy atom. The third-order valence-electron chi connectivity index (χ3n) is 5.51. The molecule has 1 aromatic rings. The molecule has 21 heavy (non-hydrogen) atoms. The molecule has 0 aliphatic carbocycles. The molecule has 2 atom stereocenters. The van der Waals surface area contributed by atoms with E-state index in [0.29, 0.717) is 6.61 Å². The van der Waals surface area contributed by atoms with E-state index in [1.165, 1.54) is 16.7 Å². The van der Waals surface area contributed by atoms with Crippen LogP contribution in [0.4, 0.5) is 0 Å². The highest BCUT2D eigenvalue weighted by Crippen LogP contribution is 2.54. The maximum Gasteiger partial charge on any atom is 0.192 e. The SMILES string of the molecule is CC1=C[C@@H]2O[C@@]1(CO[Si](C)(C)C(C)(C)C)c1ccccc12. The molecule has 0 aromatic heterocycles. The van der Waals surface area contributed by atoms with Gasteiger partial charge in [-0.3, -0.25) is 0 Å². The van der Waals surface area contributed by atoms with Gasteiger partial charge in [0.15, 0.2) is 8.32 Å². The summed E-state index contributed by atoms with van der Waals surface area (Å²) in [5, 5.41) is 0.220. The van der Waals surface area contributed by atoms with Gasteiger partial charge in [0.05, 0.1) is 6.61 Å². The van der Waals surface area contributed by atoms with Crippen molar-refractivity contribution in [2.45, 2.75) is 57.5 Å². The molecule has 0 unspecified atom stereocenters. The second kappa shape index (κ2) is 4.54. The zero-order valence-corrected chi connectivity index (χ0v) is 15.0. The maximum absolute atomic E-state index is 6.50. The first-order valence-electron chi connectivity index (χ1n) is 7.77. The Morgan fingerprint density at radius 3 is 2.57 bits per heavy atom. The van der Waals surface area contributed by atoms with Gasteiger partial charge >= 0.3 is 0 Å². The molecule has 0 spiro atoms. The van der Waals surface area contributed by atoms with Crippen LogP contribution in [0.1, 0.15) is 44.9 Å². The zero-order chi connectivity index (χ0) is 15.5. The van der Waals surface area contributed by atoms with Gasteiger partial charge in [0.1, 0.15) is 11.7 Å². The number of hydrogen-bond donors (Lipinski definition) is 0. The fourth-order valence-electron chi connectivity index (χ4n) is 2.97. The topological polar surface area (TPSA) is 18.5 Å². The molecule has 114 valence electrons. The predicted molar refractivity (Wildman–Crippen MR) is 88.9 cm³/mol. The average Bonchev–Trinajstić information content (AvgIpc) is 2.89. The van der Waals surface area contributed by atoms with Gasteiger partial charge in [-0.1, -0.05) is 45.0 Å². The van der Waals surface area contributed by atoms with Gasteiger partial charge < -0.3 is 9.16 Å². The largest absolute Gasteiger partial charge is 0.413 e. The molecule has 3 rings (SSSR count). The first-order valence-corrected chi connectivity index (χ1v) is 10.7. The Labute approximate surface area is 129 Å². The lowest BCUT2D eigenvalue weighted by Crippen LogP contribution is -2.45. The molecule has 2 aliphatic rings. The van der Waals surface area contributed by atoms with Crippen LogP contribution >= 0.6 is 0 Å². The summed E-state index contributed by atoms with van der Waals surface area (Å²) < 4.78 is 12.9. The van der Waals surface area contributed by atoms with Crippen LogP contribution in [0.2, 0.25) is 18.1 Å². The van der Waals surface area contributed by atoms with E-state index in [1.807, 2.05) is 0 Å². The van der Waals surface area contributed by atoms with E-state index in [2.05, 4.69) is 71.1 Å². The van der Waals surface area contributed by atoms with E-state index >= 15 is 0 Å². The van der Waals surface area contributed by atoms with Crippen molar-refractivity contribution in [1.82, 2.24) is 0 Å². The molecule has 0 radical (unpaired) electrons. The smallest absolute Gasteiger partial charge is 0.192 e. The summed E-state index contributed by atoms with van der Waals surface area (Å²) in [5.41, 5.74) is 3.55. The quantitative estimate of drug-likeness (QED) is 0.582. The van der Waals surface area contributed by atoms with Crippen molar-refractivity contribution in [3.63, 3.8) is 0 Å². The van der Waals surface area contributed by atoms with Gasteiger partial charge in [0.2, 0.25) is 0 Å². The Hall–Kier alpha value is -0.903. The van der Waals surface area contributed by atoms with E-state index in [0.717, 1.165) is 0 Å². The van der Waals surface area contributed by atoms with Gasteiger partial charge in [0, 0.05) is 0 Å². The average molecular weight is 302 g/mol. The van der Waals surface area contributed by atoms with Crippen LogP contribution in [-0.4, -0.2) is 14.9 Å². The van der Waals surface area contributed by atoms with Gasteiger partial charge in [-0.05, 0) is 47.8 Å². The van der Waals surface area contributed by atoms with Crippen LogP contribution in [0, 0.1) is 0 Å². The first-order chi connectivity index (χ1) is 9.67. The molecule has 2 aliphatic heterocycles. The van der Waals surface area contributed by atoms with Gasteiger partial charge in [0.25, 0.3) is 0 Å². The van der Waals surface area contributed by atoms with E-state index in [1.54, 1.807) is 0 Å². The van der Waals surface area contributed by atoms with E-state index in [4.69, 9.17) is 9.16 Å². The normalized spacial score (nSPS) is 27.7. The van der Waals surface area contributed by atoms with Crippen molar-refractivity contribution in [2.24, 2.45) is 0 Å². The van der Waals surface area contributed by atoms with Crippen LogP contribution in [0.3, 0.4) is 0 Å². The Bertz CT molecular complexity index is 597. The fraction of sp³-hybridized carbons (Fsp3) is 0.556. The minimum atomic E-state index is -1.78. The van der Waals surface area contributed by atoms with Crippen molar-refractivity contribution >= 4 is 8.32 Å². The molecular formula is C18H26O2Si. The standard InChI is InChI=1S/C18H26O2Si/c1-13-11-16-14-9-7-8-10-15(14)18(13,20-16)12-19-21(5,6)17(2,3)4/h7-11,16H,12H2,1-6H3/t16-,18+/m0/s1. The number of fused-ring (bicyclic) bond motifs is 5. The monoisotopic (exact) mass is 302 g/mol. The molecule has 0 amide bonds. The molecule has 1 aromatic carbocycles. The third kappa shape index (κ3) is 2.14. The van der Waals surface area contributed by atoms with Crippen LogP contribution in [0.5, 0.6) is 0 Å². The molecule has 0 N–H and O–H groups in total. The Balaban J connectivity index is 1.90. The van der Waals surface area contributed by atoms with Crippen molar-refractivity contribution in [1.29, 1.82) is 0 Å². The molecule has 0 saturated carbocycles. The zero-order valence-electron chi connectivity index (χ0n) is 14.0. The van der Waals surface area contributed by atoms with E-state index < -0.39 is 8.32 Å². The molecule has 2 nitrogen and oxygen atoms in total. The van der Waals surface area contributed by atoms with Crippen LogP contribution in [0.15, 0.2) is 35.9 Å². The highest BCUT2D eigenvalue weighted by Gasteiger charge is 2.52. The number of rotatable bonds is 3. The summed E-state index contributed by atoms with van der Waals surface area (Å²) >= 11 is 0. The lowest BCUT2D eigenvalue weighted by molar-refractivity contribution is -0.0420. The second-order valence-electron chi connectivity index (χ2n) is 7.85. The lowest BCUT2D eigenvalue weighted by atomic mass is 9.82. The molecule has 2 heterocycles. The summed E-state index contributed by atoms with van der Waals surface area (Å²) in [7, 11) is -1.78. The van der Waals surface area contributed by atoms with Crippen LogP contribution < -0.4 is 0 Å². The van der Waals surface area contributed by atoms with Gasteiger partial charge in [-0.25, -0.2) is 0 Å². The number of benzene rings is 1. The molecule has 0 fully saturated rings. The lowest BCUT2D eigenvalue weighted by Gasteiger charge is -2.39. The van der Waals surface area contributed by atoms with Crippen molar-refractivity contribution in [3.8, 4) is 0 Å².